The van der Waals surface area contributed by atoms with Crippen LogP contribution in [0.5, 0.6) is 0 Å². The second-order valence-electron chi connectivity index (χ2n) is 8.35. The van der Waals surface area contributed by atoms with Crippen molar-refractivity contribution < 1.29 is 9.59 Å². The van der Waals surface area contributed by atoms with E-state index in [1.807, 2.05) is 16.7 Å². The third-order valence-corrected chi connectivity index (χ3v) is 5.70. The fraction of sp³-hybridized carbons (Fsp3) is 0.700. The minimum Gasteiger partial charge on any atom is -0.342 e. The number of aryl methyl sites for hydroxylation is 1. The standard InChI is InChI=1S/C20H30N4O2/c1-15(2)6-10-23-13-20(8-5-18(23)25)7-4-9-24(14-20)19(26)17-11-21-16(3)22-12-17/h11-12,15H,4-10,13-14H2,1-3H3/t20-/m0/s1. The minimum absolute atomic E-state index is 0.00899. The summed E-state index contributed by atoms with van der Waals surface area (Å²) in [6, 6.07) is 0. The first-order chi connectivity index (χ1) is 12.4. The van der Waals surface area contributed by atoms with Crippen LogP contribution in [-0.4, -0.2) is 57.8 Å². The van der Waals surface area contributed by atoms with Gasteiger partial charge < -0.3 is 9.80 Å². The fourth-order valence-electron chi connectivity index (χ4n) is 4.12. The predicted molar refractivity (Wildman–Crippen MR) is 99.6 cm³/mol. The van der Waals surface area contributed by atoms with E-state index < -0.39 is 0 Å². The number of rotatable bonds is 4. The average Bonchev–Trinajstić information content (AvgIpc) is 2.63. The molecule has 0 N–H and O–H groups in total. The maximum atomic E-state index is 12.9. The molecule has 0 aromatic carbocycles. The van der Waals surface area contributed by atoms with Gasteiger partial charge in [0.15, 0.2) is 0 Å². The van der Waals surface area contributed by atoms with E-state index in [2.05, 4.69) is 23.8 Å². The third-order valence-electron chi connectivity index (χ3n) is 5.70. The van der Waals surface area contributed by atoms with Crippen LogP contribution in [-0.2, 0) is 4.79 Å². The van der Waals surface area contributed by atoms with Crippen LogP contribution in [0.2, 0.25) is 0 Å². The summed E-state index contributed by atoms with van der Waals surface area (Å²) < 4.78 is 0. The summed E-state index contributed by atoms with van der Waals surface area (Å²) in [6.07, 6.45) is 7.84. The molecule has 0 unspecified atom stereocenters. The molecule has 2 aliphatic rings. The molecule has 6 heteroatoms. The number of hydrogen-bond donors (Lipinski definition) is 0. The van der Waals surface area contributed by atoms with Gasteiger partial charge in [0, 0.05) is 50.4 Å². The van der Waals surface area contributed by atoms with Crippen LogP contribution in [0.3, 0.4) is 0 Å². The first kappa shape index (κ1) is 18.8. The average molecular weight is 358 g/mol. The van der Waals surface area contributed by atoms with Crippen molar-refractivity contribution >= 4 is 11.8 Å². The molecule has 0 aliphatic carbocycles. The van der Waals surface area contributed by atoms with Crippen LogP contribution in [0.25, 0.3) is 0 Å². The van der Waals surface area contributed by atoms with Crippen LogP contribution in [0.15, 0.2) is 12.4 Å². The highest BCUT2D eigenvalue weighted by Crippen LogP contribution is 2.39. The molecule has 1 aromatic heterocycles. The molecule has 2 amide bonds. The predicted octanol–water partition coefficient (Wildman–Crippen LogP) is 2.68. The van der Waals surface area contributed by atoms with Crippen molar-refractivity contribution in [3.8, 4) is 0 Å². The van der Waals surface area contributed by atoms with Crippen molar-refractivity contribution in [3.63, 3.8) is 0 Å². The summed E-state index contributed by atoms with van der Waals surface area (Å²) in [5.74, 6) is 1.54. The number of piperidine rings is 2. The quantitative estimate of drug-likeness (QED) is 0.830. The van der Waals surface area contributed by atoms with Crippen molar-refractivity contribution in [1.29, 1.82) is 0 Å². The number of hydrogen-bond acceptors (Lipinski definition) is 4. The number of likely N-dealkylation sites (tertiary alicyclic amines) is 2. The van der Waals surface area contributed by atoms with Gasteiger partial charge in [0.2, 0.25) is 5.91 Å². The molecule has 0 saturated carbocycles. The van der Waals surface area contributed by atoms with Crippen LogP contribution in [0.1, 0.15) is 62.1 Å². The van der Waals surface area contributed by atoms with Crippen LogP contribution in [0.4, 0.5) is 0 Å². The lowest BCUT2D eigenvalue weighted by Crippen LogP contribution is -2.55. The van der Waals surface area contributed by atoms with Crippen molar-refractivity contribution in [2.24, 2.45) is 11.3 Å². The van der Waals surface area contributed by atoms with E-state index in [1.54, 1.807) is 12.4 Å². The molecular weight excluding hydrogens is 328 g/mol. The summed E-state index contributed by atoms with van der Waals surface area (Å²) in [5.41, 5.74) is 0.598. The Labute approximate surface area is 156 Å². The zero-order valence-corrected chi connectivity index (χ0v) is 16.2. The van der Waals surface area contributed by atoms with Crippen LogP contribution < -0.4 is 0 Å². The number of carbonyl (C=O) groups is 2. The number of carbonyl (C=O) groups excluding carboxylic acids is 2. The van der Waals surface area contributed by atoms with Crippen LogP contribution in [0, 0.1) is 18.3 Å². The van der Waals surface area contributed by atoms with Crippen molar-refractivity contribution in [2.75, 3.05) is 26.2 Å². The Kier molecular flexibility index (Phi) is 5.58. The Morgan fingerprint density at radius 2 is 1.96 bits per heavy atom. The van der Waals surface area contributed by atoms with Gasteiger partial charge in [-0.3, -0.25) is 9.59 Å². The van der Waals surface area contributed by atoms with E-state index in [1.165, 1.54) is 0 Å². The molecule has 1 atom stereocenters. The first-order valence-electron chi connectivity index (χ1n) is 9.74. The molecule has 3 rings (SSSR count). The Bertz CT molecular complexity index is 658. The maximum Gasteiger partial charge on any atom is 0.257 e. The van der Waals surface area contributed by atoms with Gasteiger partial charge in [-0.1, -0.05) is 13.8 Å². The highest BCUT2D eigenvalue weighted by Gasteiger charge is 2.42. The molecule has 2 aliphatic heterocycles. The summed E-state index contributed by atoms with van der Waals surface area (Å²) in [7, 11) is 0. The molecule has 3 heterocycles. The molecule has 1 spiro atoms. The Balaban J connectivity index is 1.69. The third kappa shape index (κ3) is 4.22. The van der Waals surface area contributed by atoms with Crippen molar-refractivity contribution in [1.82, 2.24) is 19.8 Å². The minimum atomic E-state index is 0.00899. The first-order valence-corrected chi connectivity index (χ1v) is 9.74. The molecule has 2 fully saturated rings. The van der Waals surface area contributed by atoms with Gasteiger partial charge in [-0.25, -0.2) is 9.97 Å². The summed E-state index contributed by atoms with van der Waals surface area (Å²) in [6.45, 7) is 9.31. The van der Waals surface area contributed by atoms with Gasteiger partial charge in [0.25, 0.3) is 5.91 Å². The van der Waals surface area contributed by atoms with Gasteiger partial charge in [0.05, 0.1) is 5.56 Å². The van der Waals surface area contributed by atoms with Gasteiger partial charge in [-0.2, -0.15) is 0 Å². The van der Waals surface area contributed by atoms with Gasteiger partial charge in [0.1, 0.15) is 5.82 Å². The molecule has 26 heavy (non-hydrogen) atoms. The van der Waals surface area contributed by atoms with E-state index in [9.17, 15) is 9.59 Å². The molecule has 142 valence electrons. The lowest BCUT2D eigenvalue weighted by molar-refractivity contribution is -0.139. The highest BCUT2D eigenvalue weighted by atomic mass is 16.2. The Hall–Kier alpha value is -1.98. The van der Waals surface area contributed by atoms with Crippen molar-refractivity contribution in [3.05, 3.63) is 23.8 Å². The molecule has 0 radical (unpaired) electrons. The van der Waals surface area contributed by atoms with Crippen molar-refractivity contribution in [2.45, 2.75) is 52.9 Å². The Morgan fingerprint density at radius 1 is 1.23 bits per heavy atom. The second kappa shape index (κ2) is 7.72. The van der Waals surface area contributed by atoms with E-state index in [0.717, 1.165) is 51.9 Å². The molecule has 1 aromatic rings. The fourth-order valence-corrected chi connectivity index (χ4v) is 4.12. The lowest BCUT2D eigenvalue weighted by Gasteiger charge is -2.48. The summed E-state index contributed by atoms with van der Waals surface area (Å²) in [4.78, 5) is 37.5. The largest absolute Gasteiger partial charge is 0.342 e. The normalized spacial score (nSPS) is 23.8. The van der Waals surface area contributed by atoms with E-state index in [0.29, 0.717) is 23.7 Å². The Morgan fingerprint density at radius 3 is 2.65 bits per heavy atom. The zero-order chi connectivity index (χ0) is 18.7. The monoisotopic (exact) mass is 358 g/mol. The second-order valence-corrected chi connectivity index (χ2v) is 8.35. The molecule has 0 bridgehead atoms. The van der Waals surface area contributed by atoms with Gasteiger partial charge in [-0.15, -0.1) is 0 Å². The van der Waals surface area contributed by atoms with E-state index in [-0.39, 0.29) is 17.2 Å². The van der Waals surface area contributed by atoms with Crippen LogP contribution >= 0.6 is 0 Å². The van der Waals surface area contributed by atoms with E-state index in [4.69, 9.17) is 0 Å². The SMILES string of the molecule is Cc1ncc(C(=O)N2CCC[C@@]3(CCC(=O)N(CCC(C)C)C3)C2)cn1. The topological polar surface area (TPSA) is 66.4 Å². The number of nitrogens with zero attached hydrogens (tertiary/aromatic N) is 4. The molecule has 2 saturated heterocycles. The molecular formula is C20H30N4O2. The summed E-state index contributed by atoms with van der Waals surface area (Å²) >= 11 is 0. The van der Waals surface area contributed by atoms with E-state index >= 15 is 0 Å². The number of amides is 2. The smallest absolute Gasteiger partial charge is 0.257 e. The summed E-state index contributed by atoms with van der Waals surface area (Å²) in [5, 5.41) is 0. The maximum absolute atomic E-state index is 12.9. The van der Waals surface area contributed by atoms with Gasteiger partial charge >= 0.3 is 0 Å². The number of aromatic nitrogens is 2. The zero-order valence-electron chi connectivity index (χ0n) is 16.2. The lowest BCUT2D eigenvalue weighted by atomic mass is 9.73. The molecule has 6 nitrogen and oxygen atoms in total. The highest BCUT2D eigenvalue weighted by molar-refractivity contribution is 5.93. The van der Waals surface area contributed by atoms with Gasteiger partial charge in [-0.05, 0) is 38.5 Å².